The zero-order chi connectivity index (χ0) is 33.2. The van der Waals surface area contributed by atoms with Crippen molar-refractivity contribution in [2.75, 3.05) is 0 Å². The molecule has 0 unspecified atom stereocenters. The summed E-state index contributed by atoms with van der Waals surface area (Å²) in [6.07, 6.45) is 0. The number of hydrogen-bond donors (Lipinski definition) is 0. The Morgan fingerprint density at radius 1 is 0.333 bits per heavy atom. The molecule has 0 bridgehead atoms. The first kappa shape index (κ1) is 27.3. The fourth-order valence-corrected chi connectivity index (χ4v) is 9.57. The maximum atomic E-state index is 2.56. The molecule has 0 saturated heterocycles. The number of para-hydroxylation sites is 3. The van der Waals surface area contributed by atoms with Crippen LogP contribution >= 0.6 is 0 Å². The van der Waals surface area contributed by atoms with Crippen molar-refractivity contribution < 1.29 is 0 Å². The average Bonchev–Trinajstić information content (AvgIpc) is 3.72. The highest BCUT2D eigenvalue weighted by Gasteiger charge is 2.38. The van der Waals surface area contributed by atoms with Crippen molar-refractivity contribution in [3.63, 3.8) is 0 Å². The summed E-state index contributed by atoms with van der Waals surface area (Å²) in [4.78, 5) is 0. The minimum atomic E-state index is 0.0592. The van der Waals surface area contributed by atoms with Gasteiger partial charge in [0.1, 0.15) is 0 Å². The molecule has 3 heteroatoms. The zero-order valence-electron chi connectivity index (χ0n) is 27.7. The fraction of sp³-hybridized carbons (Fsp3) is 0. The molecule has 2 nitrogen and oxygen atoms in total. The summed E-state index contributed by atoms with van der Waals surface area (Å²) in [5.41, 5.74) is 19.2. The molecule has 12 rings (SSSR count). The number of hydrogen-bond acceptors (Lipinski definition) is 0. The third-order valence-electron chi connectivity index (χ3n) is 11.6. The quantitative estimate of drug-likeness (QED) is 0.158. The largest absolute Gasteiger partial charge is 0.310 e. The first-order valence-corrected chi connectivity index (χ1v) is 17.8. The Morgan fingerprint density at radius 3 is 1.57 bits per heavy atom. The van der Waals surface area contributed by atoms with E-state index in [1.54, 1.807) is 0 Å². The first-order valence-electron chi connectivity index (χ1n) is 17.8. The average molecular weight is 645 g/mol. The van der Waals surface area contributed by atoms with Gasteiger partial charge in [0, 0.05) is 38.4 Å². The molecule has 2 aromatic heterocycles. The summed E-state index contributed by atoms with van der Waals surface area (Å²) >= 11 is 0. The lowest BCUT2D eigenvalue weighted by molar-refractivity contribution is 1.17. The SMILES string of the molecule is c1ccc2c(c1)B1c3c(cccc3-n3c4ccc(-n5c6ccccc6c6ccccc65)cc4c4cccc1c43)-c1ccccc1-c1ccccc1-2. The molecular formula is C48H29BN2. The van der Waals surface area contributed by atoms with Crippen LogP contribution in [0.4, 0.5) is 0 Å². The Balaban J connectivity index is 1.22. The van der Waals surface area contributed by atoms with Gasteiger partial charge >= 0.3 is 0 Å². The van der Waals surface area contributed by atoms with Crippen molar-refractivity contribution >= 4 is 66.7 Å². The van der Waals surface area contributed by atoms with E-state index in [4.69, 9.17) is 0 Å². The summed E-state index contributed by atoms with van der Waals surface area (Å²) in [5.74, 6) is 0. The van der Waals surface area contributed by atoms with Crippen molar-refractivity contribution in [3.05, 3.63) is 176 Å². The Labute approximate surface area is 295 Å². The highest BCUT2D eigenvalue weighted by molar-refractivity contribution is 6.99. The van der Waals surface area contributed by atoms with Crippen LogP contribution in [0.25, 0.3) is 88.4 Å². The van der Waals surface area contributed by atoms with Crippen LogP contribution in [0.1, 0.15) is 0 Å². The molecule has 8 aromatic carbocycles. The zero-order valence-corrected chi connectivity index (χ0v) is 27.7. The smallest absolute Gasteiger partial charge is 0.248 e. The number of benzene rings is 8. The van der Waals surface area contributed by atoms with E-state index >= 15 is 0 Å². The number of aromatic nitrogens is 2. The normalized spacial score (nSPS) is 12.7. The van der Waals surface area contributed by atoms with E-state index in [-0.39, 0.29) is 6.71 Å². The summed E-state index contributed by atoms with van der Waals surface area (Å²) in [5, 5.41) is 5.12. The van der Waals surface area contributed by atoms with Gasteiger partial charge in [0.2, 0.25) is 6.71 Å². The Hall–Kier alpha value is -6.58. The maximum absolute atomic E-state index is 2.56. The monoisotopic (exact) mass is 644 g/mol. The van der Waals surface area contributed by atoms with Crippen LogP contribution < -0.4 is 16.4 Å². The highest BCUT2D eigenvalue weighted by atomic mass is 15.0. The van der Waals surface area contributed by atoms with Crippen LogP contribution in [-0.2, 0) is 0 Å². The van der Waals surface area contributed by atoms with Crippen LogP contribution in [0.3, 0.4) is 0 Å². The molecule has 0 spiro atoms. The third-order valence-corrected chi connectivity index (χ3v) is 11.6. The van der Waals surface area contributed by atoms with Gasteiger partial charge in [-0.2, -0.15) is 0 Å². The second-order valence-electron chi connectivity index (χ2n) is 14.0. The topological polar surface area (TPSA) is 9.86 Å². The van der Waals surface area contributed by atoms with Crippen LogP contribution in [0.2, 0.25) is 0 Å². The standard InChI is InChI=1S/C48H29BN2/c1-3-15-33-31(13-1)32-14-2-4-16-34(32)38-20-12-26-46-47(38)49(41-22-8-5-17-35(33)41)42-23-11-21-39-40-29-30(27-28-45(40)51(46)48(39)42)50-43-24-9-6-18-36(43)37-19-7-10-25-44(37)50/h1-29H. The molecule has 234 valence electrons. The molecule has 0 N–H and O–H groups in total. The van der Waals surface area contributed by atoms with Crippen LogP contribution in [0, 0.1) is 0 Å². The van der Waals surface area contributed by atoms with Crippen molar-refractivity contribution in [3.8, 4) is 44.8 Å². The fourth-order valence-electron chi connectivity index (χ4n) is 9.57. The summed E-state index contributed by atoms with van der Waals surface area (Å²) in [6, 6.07) is 65.6. The number of fused-ring (bicyclic) bond motifs is 15. The van der Waals surface area contributed by atoms with Gasteiger partial charge < -0.3 is 9.13 Å². The lowest BCUT2D eigenvalue weighted by Gasteiger charge is -2.30. The van der Waals surface area contributed by atoms with Gasteiger partial charge in [0.25, 0.3) is 0 Å². The van der Waals surface area contributed by atoms with E-state index in [9.17, 15) is 0 Å². The third kappa shape index (κ3) is 3.52. The minimum Gasteiger partial charge on any atom is -0.310 e. The van der Waals surface area contributed by atoms with Crippen molar-refractivity contribution in [1.29, 1.82) is 0 Å². The molecule has 0 radical (unpaired) electrons. The van der Waals surface area contributed by atoms with Crippen molar-refractivity contribution in [2.45, 2.75) is 0 Å². The number of nitrogens with zero attached hydrogens (tertiary/aromatic N) is 2. The molecular weight excluding hydrogens is 615 g/mol. The maximum Gasteiger partial charge on any atom is 0.248 e. The molecule has 2 aliphatic heterocycles. The van der Waals surface area contributed by atoms with Crippen molar-refractivity contribution in [2.24, 2.45) is 0 Å². The van der Waals surface area contributed by atoms with E-state index in [2.05, 4.69) is 185 Å². The Kier molecular flexibility index (Phi) is 5.35. The van der Waals surface area contributed by atoms with Crippen LogP contribution in [0.15, 0.2) is 176 Å². The van der Waals surface area contributed by atoms with Gasteiger partial charge in [-0.05, 0) is 80.7 Å². The second kappa shape index (κ2) is 10.00. The molecule has 51 heavy (non-hydrogen) atoms. The lowest BCUT2D eigenvalue weighted by atomic mass is 9.34. The van der Waals surface area contributed by atoms with E-state index < -0.39 is 0 Å². The van der Waals surface area contributed by atoms with Gasteiger partial charge in [-0.15, -0.1) is 0 Å². The van der Waals surface area contributed by atoms with Crippen molar-refractivity contribution in [1.82, 2.24) is 9.13 Å². The van der Waals surface area contributed by atoms with Gasteiger partial charge in [-0.1, -0.05) is 145 Å². The second-order valence-corrected chi connectivity index (χ2v) is 14.0. The Morgan fingerprint density at radius 2 is 0.843 bits per heavy atom. The first-order chi connectivity index (χ1) is 25.3. The van der Waals surface area contributed by atoms with Gasteiger partial charge in [0.15, 0.2) is 0 Å². The minimum absolute atomic E-state index is 0.0592. The van der Waals surface area contributed by atoms with Gasteiger partial charge in [0.05, 0.1) is 16.6 Å². The summed E-state index contributed by atoms with van der Waals surface area (Å²) in [7, 11) is 0. The molecule has 2 aliphatic rings. The molecule has 10 aromatic rings. The summed E-state index contributed by atoms with van der Waals surface area (Å²) < 4.78 is 4.99. The molecule has 4 heterocycles. The van der Waals surface area contributed by atoms with Gasteiger partial charge in [-0.25, -0.2) is 0 Å². The molecule has 0 aliphatic carbocycles. The predicted octanol–water partition coefficient (Wildman–Crippen LogP) is 10.0. The molecule has 0 saturated carbocycles. The van der Waals surface area contributed by atoms with Gasteiger partial charge in [-0.3, -0.25) is 0 Å². The van der Waals surface area contributed by atoms with E-state index in [0.717, 1.165) is 0 Å². The van der Waals surface area contributed by atoms with Crippen LogP contribution in [0.5, 0.6) is 0 Å². The molecule has 0 atom stereocenters. The summed E-state index contributed by atoms with van der Waals surface area (Å²) in [6.45, 7) is 0.0592. The van der Waals surface area contributed by atoms with Crippen LogP contribution in [-0.4, -0.2) is 15.8 Å². The van der Waals surface area contributed by atoms with E-state index in [0.29, 0.717) is 0 Å². The lowest BCUT2D eigenvalue weighted by Crippen LogP contribution is -2.57. The molecule has 0 fully saturated rings. The van der Waals surface area contributed by atoms with E-state index in [1.807, 2.05) is 0 Å². The van der Waals surface area contributed by atoms with E-state index in [1.165, 1.54) is 105 Å². The predicted molar refractivity (Wildman–Crippen MR) is 216 cm³/mol. The Bertz CT molecular complexity index is 3050. The number of rotatable bonds is 1. The molecule has 0 amide bonds. The highest BCUT2D eigenvalue weighted by Crippen LogP contribution is 2.42.